The van der Waals surface area contributed by atoms with Crippen LogP contribution in [0.1, 0.15) is 0 Å². The first-order valence-electron chi connectivity index (χ1n) is 17.4. The molecular formula is C46H26O4S4. The molecule has 0 radical (unpaired) electrons. The minimum Gasteiger partial charge on any atom is -0.218 e. The summed E-state index contributed by atoms with van der Waals surface area (Å²) in [6.45, 7) is 0. The molecule has 2 aliphatic heterocycles. The second-order valence-electron chi connectivity index (χ2n) is 13.6. The van der Waals surface area contributed by atoms with Crippen molar-refractivity contribution in [3.8, 4) is 65.4 Å². The van der Waals surface area contributed by atoms with E-state index < -0.39 is 19.7 Å². The number of thiophene rings is 2. The lowest BCUT2D eigenvalue weighted by Crippen LogP contribution is -1.95. The molecule has 0 aliphatic carbocycles. The first-order valence-corrected chi connectivity index (χ1v) is 22.0. The van der Waals surface area contributed by atoms with Crippen molar-refractivity contribution in [3.05, 3.63) is 158 Å². The molecule has 0 saturated heterocycles. The van der Waals surface area contributed by atoms with Crippen LogP contribution in [0.25, 0.3) is 85.6 Å². The molecule has 4 nitrogen and oxygen atoms in total. The van der Waals surface area contributed by atoms with E-state index in [0.29, 0.717) is 19.6 Å². The van der Waals surface area contributed by atoms with Crippen LogP contribution < -0.4 is 0 Å². The highest BCUT2D eigenvalue weighted by Crippen LogP contribution is 2.54. The van der Waals surface area contributed by atoms with E-state index in [9.17, 15) is 16.8 Å². The quantitative estimate of drug-likeness (QED) is 0.179. The second kappa shape index (κ2) is 11.4. The third-order valence-corrected chi connectivity index (χ3v) is 16.8. The van der Waals surface area contributed by atoms with Crippen LogP contribution in [0.2, 0.25) is 0 Å². The summed E-state index contributed by atoms with van der Waals surface area (Å²) in [6, 6.07) is 51.4. The molecule has 2 aromatic heterocycles. The van der Waals surface area contributed by atoms with Crippen LogP contribution in [0.5, 0.6) is 0 Å². The van der Waals surface area contributed by atoms with Crippen molar-refractivity contribution in [1.29, 1.82) is 0 Å². The molecule has 4 heterocycles. The predicted octanol–water partition coefficient (Wildman–Crippen LogP) is 12.4. The molecule has 0 fully saturated rings. The number of rotatable bonds is 4. The Balaban J connectivity index is 1.18. The van der Waals surface area contributed by atoms with Crippen LogP contribution in [0.15, 0.2) is 177 Å². The lowest BCUT2D eigenvalue weighted by atomic mass is 9.93. The number of sulfone groups is 2. The third kappa shape index (κ3) is 4.45. The molecule has 0 unspecified atom stereocenters. The highest BCUT2D eigenvalue weighted by Gasteiger charge is 2.34. The maximum Gasteiger partial charge on any atom is 0.207 e. The molecule has 258 valence electrons. The van der Waals surface area contributed by atoms with E-state index >= 15 is 0 Å². The standard InChI is InChI=1S/C46H26O4S4/c47-53(48)39-17-9-7-15-31(39)33-23-29(19-21-41(33)53)37-25-35-43(27-11-3-1-4-12-27)45-36(44(46(35)52-37)28-13-5-2-6-14-28)26-38(51-45)30-20-22-42-34(24-30)32-16-8-10-18-40(32)54(42,49)50/h1-26H. The molecule has 8 heteroatoms. The van der Waals surface area contributed by atoms with E-state index in [1.54, 1.807) is 59.1 Å². The molecule has 7 aromatic carbocycles. The van der Waals surface area contributed by atoms with E-state index in [4.69, 9.17) is 0 Å². The predicted molar refractivity (Wildman–Crippen MR) is 221 cm³/mol. The largest absolute Gasteiger partial charge is 0.218 e. The maximum atomic E-state index is 13.4. The Morgan fingerprint density at radius 3 is 1.13 bits per heavy atom. The van der Waals surface area contributed by atoms with Crippen molar-refractivity contribution in [2.45, 2.75) is 19.6 Å². The van der Waals surface area contributed by atoms with Crippen LogP contribution in [0, 0.1) is 0 Å². The number of hydrogen-bond acceptors (Lipinski definition) is 6. The summed E-state index contributed by atoms with van der Waals surface area (Å²) in [7, 11) is -7.14. The zero-order valence-corrected chi connectivity index (χ0v) is 31.5. The highest BCUT2D eigenvalue weighted by atomic mass is 32.2. The van der Waals surface area contributed by atoms with Gasteiger partial charge in [-0.05, 0) is 70.8 Å². The second-order valence-corrected chi connectivity index (χ2v) is 19.5. The van der Waals surface area contributed by atoms with Gasteiger partial charge in [-0.15, -0.1) is 22.7 Å². The first-order chi connectivity index (χ1) is 26.3. The Morgan fingerprint density at radius 2 is 0.704 bits per heavy atom. The van der Waals surface area contributed by atoms with Gasteiger partial charge in [-0.25, -0.2) is 16.8 Å². The minimum absolute atomic E-state index is 0.351. The number of benzene rings is 7. The summed E-state index contributed by atoms with van der Waals surface area (Å²) in [4.78, 5) is 3.53. The van der Waals surface area contributed by atoms with Crippen LogP contribution in [-0.4, -0.2) is 16.8 Å². The third-order valence-electron chi connectivity index (χ3n) is 10.6. The van der Waals surface area contributed by atoms with Gasteiger partial charge in [-0.1, -0.05) is 109 Å². The molecule has 0 N–H and O–H groups in total. The molecule has 2 aliphatic rings. The fourth-order valence-corrected chi connectivity index (χ4v) is 14.0. The summed E-state index contributed by atoms with van der Waals surface area (Å²) in [5, 5.41) is 2.26. The zero-order valence-electron chi connectivity index (χ0n) is 28.3. The van der Waals surface area contributed by atoms with Crippen molar-refractivity contribution in [2.75, 3.05) is 0 Å². The number of fused-ring (bicyclic) bond motifs is 8. The van der Waals surface area contributed by atoms with Gasteiger partial charge in [0.15, 0.2) is 0 Å². The van der Waals surface area contributed by atoms with Gasteiger partial charge in [-0.3, -0.25) is 0 Å². The molecule has 9 aromatic rings. The maximum absolute atomic E-state index is 13.4. The van der Waals surface area contributed by atoms with E-state index in [1.165, 1.54) is 0 Å². The van der Waals surface area contributed by atoms with Crippen molar-refractivity contribution < 1.29 is 16.8 Å². The fraction of sp³-hybridized carbons (Fsp3) is 0. The average Bonchev–Trinajstić information content (AvgIpc) is 3.95. The van der Waals surface area contributed by atoms with Crippen molar-refractivity contribution in [3.63, 3.8) is 0 Å². The lowest BCUT2D eigenvalue weighted by Gasteiger charge is -2.12. The highest BCUT2D eigenvalue weighted by molar-refractivity contribution is 7.92. The average molecular weight is 771 g/mol. The Morgan fingerprint density at radius 1 is 0.333 bits per heavy atom. The van der Waals surface area contributed by atoms with Crippen molar-refractivity contribution in [1.82, 2.24) is 0 Å². The van der Waals surface area contributed by atoms with Crippen LogP contribution in [0.3, 0.4) is 0 Å². The van der Waals surface area contributed by atoms with E-state index in [-0.39, 0.29) is 0 Å². The van der Waals surface area contributed by atoms with Gasteiger partial charge in [-0.2, -0.15) is 0 Å². The van der Waals surface area contributed by atoms with Gasteiger partial charge in [0.2, 0.25) is 19.7 Å². The normalized spacial score (nSPS) is 14.5. The molecule has 54 heavy (non-hydrogen) atoms. The molecule has 0 spiro atoms. The topological polar surface area (TPSA) is 68.3 Å². The zero-order chi connectivity index (χ0) is 36.3. The number of hydrogen-bond donors (Lipinski definition) is 0. The van der Waals surface area contributed by atoms with Gasteiger partial charge >= 0.3 is 0 Å². The van der Waals surface area contributed by atoms with Gasteiger partial charge in [0.1, 0.15) is 0 Å². The Labute approximate surface area is 320 Å². The minimum atomic E-state index is -3.57. The molecule has 0 saturated carbocycles. The Kier molecular flexibility index (Phi) is 6.74. The van der Waals surface area contributed by atoms with Gasteiger partial charge in [0.05, 0.1) is 19.6 Å². The van der Waals surface area contributed by atoms with Crippen LogP contribution in [-0.2, 0) is 19.7 Å². The van der Waals surface area contributed by atoms with E-state index in [2.05, 4.69) is 60.7 Å². The molecular weight excluding hydrogens is 745 g/mol. The summed E-state index contributed by atoms with van der Waals surface area (Å²) in [6.07, 6.45) is 0. The fourth-order valence-electron chi connectivity index (χ4n) is 8.18. The van der Waals surface area contributed by atoms with E-state index in [0.717, 1.165) is 85.6 Å². The van der Waals surface area contributed by atoms with E-state index in [1.807, 2.05) is 60.7 Å². The molecule has 0 atom stereocenters. The lowest BCUT2D eigenvalue weighted by molar-refractivity contribution is 0.597. The smallest absolute Gasteiger partial charge is 0.207 e. The molecule has 11 rings (SSSR count). The van der Waals surface area contributed by atoms with Crippen LogP contribution >= 0.6 is 22.7 Å². The first kappa shape index (κ1) is 31.8. The monoisotopic (exact) mass is 770 g/mol. The van der Waals surface area contributed by atoms with Crippen molar-refractivity contribution in [2.24, 2.45) is 0 Å². The summed E-state index contributed by atoms with van der Waals surface area (Å²) >= 11 is 3.45. The van der Waals surface area contributed by atoms with Gasteiger partial charge in [0.25, 0.3) is 0 Å². The Hall–Kier alpha value is -5.64. The molecule has 0 amide bonds. The summed E-state index contributed by atoms with van der Waals surface area (Å²) in [5.41, 5.74) is 9.39. The molecule has 0 bridgehead atoms. The summed E-state index contributed by atoms with van der Waals surface area (Å²) in [5.74, 6) is 0. The van der Waals surface area contributed by atoms with Gasteiger partial charge in [0, 0.05) is 63.3 Å². The summed E-state index contributed by atoms with van der Waals surface area (Å²) < 4.78 is 56.0. The Bertz CT molecular complexity index is 3010. The van der Waals surface area contributed by atoms with Crippen LogP contribution in [0.4, 0.5) is 0 Å². The van der Waals surface area contributed by atoms with Crippen molar-refractivity contribution >= 4 is 62.5 Å². The van der Waals surface area contributed by atoms with Gasteiger partial charge < -0.3 is 0 Å². The SMILES string of the molecule is O=S1(=O)c2ccccc2-c2cc(-c3cc4c(-c5ccccc5)c5sc(-c6ccc7c(c6)-c6ccccc6S7(=O)=O)cc5c(-c5ccccc5)c4s3)ccc21.